The number of hydrogen-bond donors (Lipinski definition) is 0. The van der Waals surface area contributed by atoms with Crippen molar-refractivity contribution >= 4 is 29.2 Å². The summed E-state index contributed by atoms with van der Waals surface area (Å²) < 4.78 is 13.8. The number of allylic oxidation sites excluding steroid dienone is 2. The number of thiazole rings is 1. The molecule has 0 saturated heterocycles. The highest BCUT2D eigenvalue weighted by atomic mass is 32.1. The van der Waals surface area contributed by atoms with Crippen molar-refractivity contribution in [2.45, 2.75) is 18.9 Å². The van der Waals surface area contributed by atoms with Crippen molar-refractivity contribution in [3.8, 4) is 11.5 Å². The normalized spacial score (nSPS) is 16.7. The van der Waals surface area contributed by atoms with Crippen molar-refractivity contribution in [2.24, 2.45) is 4.99 Å². The molecule has 0 amide bonds. The van der Waals surface area contributed by atoms with E-state index in [2.05, 4.69) is 24.3 Å². The maximum absolute atomic E-state index is 13.9. The highest BCUT2D eigenvalue weighted by Crippen LogP contribution is 2.44. The third-order valence-electron chi connectivity index (χ3n) is 6.94. The summed E-state index contributed by atoms with van der Waals surface area (Å²) in [6, 6.07) is 23.9. The van der Waals surface area contributed by atoms with E-state index < -0.39 is 0 Å². The van der Waals surface area contributed by atoms with Gasteiger partial charge in [0.1, 0.15) is 11.5 Å². The maximum Gasteiger partial charge on any atom is 0.271 e. The van der Waals surface area contributed by atoms with Gasteiger partial charge in [-0.05, 0) is 53.8 Å². The fraction of sp³-hybridized carbons (Fsp3) is 0.161. The fourth-order valence-electron chi connectivity index (χ4n) is 5.18. The first kappa shape index (κ1) is 23.3. The Kier molecular flexibility index (Phi) is 6.10. The lowest BCUT2D eigenvalue weighted by Crippen LogP contribution is -2.38. The largest absolute Gasteiger partial charge is 0.497 e. The Morgan fingerprint density at radius 2 is 1.78 bits per heavy atom. The van der Waals surface area contributed by atoms with E-state index in [9.17, 15) is 4.79 Å². The van der Waals surface area contributed by atoms with E-state index in [-0.39, 0.29) is 11.6 Å². The third kappa shape index (κ3) is 4.13. The molecule has 0 bridgehead atoms. The van der Waals surface area contributed by atoms with Crippen molar-refractivity contribution < 1.29 is 9.47 Å². The van der Waals surface area contributed by atoms with Gasteiger partial charge in [-0.1, -0.05) is 78.1 Å². The summed E-state index contributed by atoms with van der Waals surface area (Å²) >= 11 is 1.42. The van der Waals surface area contributed by atoms with E-state index in [1.165, 1.54) is 16.9 Å². The van der Waals surface area contributed by atoms with E-state index in [1.807, 2.05) is 71.3 Å². The van der Waals surface area contributed by atoms with Crippen LogP contribution >= 0.6 is 11.3 Å². The molecule has 37 heavy (non-hydrogen) atoms. The number of nitrogens with zero attached hydrogens (tertiary/aromatic N) is 2. The van der Waals surface area contributed by atoms with Crippen molar-refractivity contribution in [2.75, 3.05) is 14.2 Å². The lowest BCUT2D eigenvalue weighted by Gasteiger charge is -2.31. The highest BCUT2D eigenvalue weighted by Gasteiger charge is 2.34. The second kappa shape index (κ2) is 9.71. The zero-order valence-electron chi connectivity index (χ0n) is 20.7. The summed E-state index contributed by atoms with van der Waals surface area (Å²) in [6.07, 6.45) is 7.53. The number of aryl methyl sites for hydroxylation is 1. The molecule has 0 radical (unpaired) electrons. The molecular weight excluding hydrogens is 480 g/mol. The van der Waals surface area contributed by atoms with Gasteiger partial charge in [0.05, 0.1) is 30.5 Å². The van der Waals surface area contributed by atoms with E-state index in [4.69, 9.17) is 14.5 Å². The van der Waals surface area contributed by atoms with Gasteiger partial charge in [-0.25, -0.2) is 4.99 Å². The zero-order valence-corrected chi connectivity index (χ0v) is 21.5. The average Bonchev–Trinajstić information content (AvgIpc) is 3.26. The Hall–Kier alpha value is -4.16. The van der Waals surface area contributed by atoms with Gasteiger partial charge < -0.3 is 9.47 Å². The average molecular weight is 507 g/mol. The number of hydrogen-bond acceptors (Lipinski definition) is 5. The fourth-order valence-corrected chi connectivity index (χ4v) is 6.13. The van der Waals surface area contributed by atoms with Crippen LogP contribution < -0.4 is 24.4 Å². The topological polar surface area (TPSA) is 52.8 Å². The Morgan fingerprint density at radius 1 is 0.973 bits per heavy atom. The first-order valence-electron chi connectivity index (χ1n) is 12.2. The van der Waals surface area contributed by atoms with Crippen LogP contribution in [-0.2, 0) is 6.42 Å². The number of ether oxygens (including phenoxy) is 2. The minimum absolute atomic E-state index is 0.0539. The number of rotatable bonds is 5. The Balaban J connectivity index is 1.58. The molecule has 1 aliphatic carbocycles. The molecule has 1 atom stereocenters. The van der Waals surface area contributed by atoms with Gasteiger partial charge >= 0.3 is 0 Å². The van der Waals surface area contributed by atoms with Crippen molar-refractivity contribution in [3.05, 3.63) is 126 Å². The summed E-state index contributed by atoms with van der Waals surface area (Å²) in [5.41, 5.74) is 6.44. The highest BCUT2D eigenvalue weighted by molar-refractivity contribution is 7.07. The van der Waals surface area contributed by atoms with Gasteiger partial charge in [-0.15, -0.1) is 0 Å². The summed E-state index contributed by atoms with van der Waals surface area (Å²) in [6.45, 7) is 0. The zero-order chi connectivity index (χ0) is 25.4. The minimum Gasteiger partial charge on any atom is -0.497 e. The van der Waals surface area contributed by atoms with E-state index in [0.29, 0.717) is 9.33 Å². The van der Waals surface area contributed by atoms with Crippen LogP contribution in [-0.4, -0.2) is 18.8 Å². The first-order chi connectivity index (χ1) is 18.2. The van der Waals surface area contributed by atoms with Crippen molar-refractivity contribution in [3.63, 3.8) is 0 Å². The van der Waals surface area contributed by atoms with Gasteiger partial charge in [0.2, 0.25) is 0 Å². The van der Waals surface area contributed by atoms with Gasteiger partial charge in [-0.3, -0.25) is 9.36 Å². The van der Waals surface area contributed by atoms with Crippen LogP contribution in [0.4, 0.5) is 0 Å². The van der Waals surface area contributed by atoms with E-state index in [0.717, 1.165) is 52.3 Å². The molecule has 0 unspecified atom stereocenters. The lowest BCUT2D eigenvalue weighted by atomic mass is 9.83. The molecule has 3 aromatic carbocycles. The number of fused-ring (bicyclic) bond motifs is 3. The Bertz CT molecular complexity index is 1730. The van der Waals surface area contributed by atoms with Gasteiger partial charge in [0.15, 0.2) is 4.80 Å². The lowest BCUT2D eigenvalue weighted by molar-refractivity contribution is 0.392. The Morgan fingerprint density at radius 3 is 2.59 bits per heavy atom. The maximum atomic E-state index is 13.9. The van der Waals surface area contributed by atoms with Gasteiger partial charge in [-0.2, -0.15) is 0 Å². The molecular formula is C31H26N2O3S. The van der Waals surface area contributed by atoms with Crippen LogP contribution in [0.3, 0.4) is 0 Å². The molecule has 184 valence electrons. The predicted molar refractivity (Wildman–Crippen MR) is 149 cm³/mol. The molecule has 0 saturated carbocycles. The number of benzene rings is 3. The van der Waals surface area contributed by atoms with Crippen LogP contribution in [0.5, 0.6) is 11.5 Å². The summed E-state index contributed by atoms with van der Waals surface area (Å²) in [7, 11) is 3.31. The predicted octanol–water partition coefficient (Wildman–Crippen LogP) is 5.00. The molecule has 5 nitrogen and oxygen atoms in total. The van der Waals surface area contributed by atoms with Gasteiger partial charge in [0.25, 0.3) is 5.56 Å². The van der Waals surface area contributed by atoms with Crippen LogP contribution in [0.1, 0.15) is 34.7 Å². The summed E-state index contributed by atoms with van der Waals surface area (Å²) in [5.74, 6) is 1.44. The van der Waals surface area contributed by atoms with Crippen molar-refractivity contribution in [1.82, 2.24) is 4.57 Å². The minimum atomic E-state index is -0.329. The van der Waals surface area contributed by atoms with Crippen LogP contribution in [0.25, 0.3) is 17.8 Å². The molecule has 1 aliphatic heterocycles. The van der Waals surface area contributed by atoms with Crippen LogP contribution in [0.15, 0.2) is 94.2 Å². The summed E-state index contributed by atoms with van der Waals surface area (Å²) in [5, 5.41) is 0. The molecule has 2 aliphatic rings. The molecule has 0 fully saturated rings. The Labute approximate surface area is 219 Å². The second-order valence-electron chi connectivity index (χ2n) is 9.01. The SMILES string of the molecule is COc1ccc(OC)c([C@@H]2C3=C(N=c4sc(=C/C=C\c5ccccc5)c(=O)n42)c2ccccc2CC3)c1. The number of methoxy groups -OCH3 is 2. The molecule has 1 aromatic heterocycles. The van der Waals surface area contributed by atoms with Crippen molar-refractivity contribution in [1.29, 1.82) is 0 Å². The van der Waals surface area contributed by atoms with Gasteiger partial charge in [0, 0.05) is 11.1 Å². The summed E-state index contributed by atoms with van der Waals surface area (Å²) in [4.78, 5) is 19.6. The number of aromatic nitrogens is 1. The molecule has 6 heteroatoms. The smallest absolute Gasteiger partial charge is 0.271 e. The second-order valence-corrected chi connectivity index (χ2v) is 10.0. The molecule has 6 rings (SSSR count). The third-order valence-corrected chi connectivity index (χ3v) is 7.94. The quantitative estimate of drug-likeness (QED) is 0.383. The van der Waals surface area contributed by atoms with E-state index in [1.54, 1.807) is 14.2 Å². The van der Waals surface area contributed by atoms with Crippen LogP contribution in [0.2, 0.25) is 0 Å². The molecule has 4 aromatic rings. The molecule has 2 heterocycles. The molecule has 0 N–H and O–H groups in total. The first-order valence-corrected chi connectivity index (χ1v) is 13.1. The van der Waals surface area contributed by atoms with E-state index >= 15 is 0 Å². The monoisotopic (exact) mass is 506 g/mol. The standard InChI is InChI=1S/C31H26N2O3S/c1-35-22-16-18-26(36-2)25(19-22)29-24-17-15-21-12-6-7-13-23(21)28(24)32-31-33(29)30(34)27(37-31)14-8-11-20-9-4-3-5-10-20/h3-14,16,18-19,29H,15,17H2,1-2H3/b11-8-,27-14?/t29-/m0/s1. The molecule has 0 spiro atoms. The van der Waals surface area contributed by atoms with Crippen LogP contribution in [0, 0.1) is 0 Å².